The van der Waals surface area contributed by atoms with Crippen molar-refractivity contribution in [2.24, 2.45) is 0 Å². The summed E-state index contributed by atoms with van der Waals surface area (Å²) in [6.45, 7) is 1.88. The lowest BCUT2D eigenvalue weighted by atomic mass is 10.1. The van der Waals surface area contributed by atoms with Gasteiger partial charge in [-0.05, 0) is 37.7 Å². The van der Waals surface area contributed by atoms with Crippen LogP contribution in [0.15, 0.2) is 59.5 Å². The highest BCUT2D eigenvalue weighted by atomic mass is 32.2. The molecule has 1 amide bonds. The van der Waals surface area contributed by atoms with Crippen molar-refractivity contribution in [3.63, 3.8) is 0 Å². The zero-order valence-corrected chi connectivity index (χ0v) is 13.2. The smallest absolute Gasteiger partial charge is 0.251 e. The van der Waals surface area contributed by atoms with Gasteiger partial charge in [-0.2, -0.15) is 0 Å². The SMILES string of the molecule is CNS(=O)(=O)c1cccc(C(=O)N[C@@H](C)c2ccccc2)c1. The fourth-order valence-corrected chi connectivity index (χ4v) is 2.80. The fourth-order valence-electron chi connectivity index (χ4n) is 2.03. The van der Waals surface area contributed by atoms with Crippen LogP contribution in [0.1, 0.15) is 28.9 Å². The van der Waals surface area contributed by atoms with Crippen molar-refractivity contribution >= 4 is 15.9 Å². The van der Waals surface area contributed by atoms with E-state index in [9.17, 15) is 13.2 Å². The van der Waals surface area contributed by atoms with Gasteiger partial charge in [0, 0.05) is 5.56 Å². The first kappa shape index (κ1) is 16.2. The lowest BCUT2D eigenvalue weighted by molar-refractivity contribution is 0.0939. The van der Waals surface area contributed by atoms with E-state index in [-0.39, 0.29) is 16.8 Å². The lowest BCUT2D eigenvalue weighted by Gasteiger charge is -2.14. The van der Waals surface area contributed by atoms with Gasteiger partial charge in [0.2, 0.25) is 10.0 Å². The second-order valence-corrected chi connectivity index (χ2v) is 6.73. The molecule has 2 rings (SSSR count). The maximum absolute atomic E-state index is 12.3. The molecule has 2 aromatic rings. The van der Waals surface area contributed by atoms with E-state index in [0.29, 0.717) is 5.56 Å². The number of benzene rings is 2. The van der Waals surface area contributed by atoms with E-state index in [0.717, 1.165) is 5.56 Å². The lowest BCUT2D eigenvalue weighted by Crippen LogP contribution is -2.27. The van der Waals surface area contributed by atoms with Gasteiger partial charge in [0.15, 0.2) is 0 Å². The molecule has 0 heterocycles. The molecule has 6 heteroatoms. The van der Waals surface area contributed by atoms with Crippen LogP contribution < -0.4 is 10.0 Å². The van der Waals surface area contributed by atoms with Crippen LogP contribution in [0.3, 0.4) is 0 Å². The van der Waals surface area contributed by atoms with Crippen molar-refractivity contribution in [2.45, 2.75) is 17.9 Å². The molecule has 0 fully saturated rings. The molecule has 22 heavy (non-hydrogen) atoms. The molecule has 0 aliphatic carbocycles. The van der Waals surface area contributed by atoms with Gasteiger partial charge in [0.05, 0.1) is 10.9 Å². The Morgan fingerprint density at radius 3 is 2.36 bits per heavy atom. The molecule has 1 atom stereocenters. The minimum atomic E-state index is -3.56. The number of sulfonamides is 1. The Morgan fingerprint density at radius 1 is 1.05 bits per heavy atom. The number of carbonyl (C=O) groups is 1. The number of carbonyl (C=O) groups excluding carboxylic acids is 1. The van der Waals surface area contributed by atoms with E-state index >= 15 is 0 Å². The predicted molar refractivity (Wildman–Crippen MR) is 85.0 cm³/mol. The third-order valence-electron chi connectivity index (χ3n) is 3.32. The summed E-state index contributed by atoms with van der Waals surface area (Å²) in [5, 5.41) is 2.85. The molecule has 2 N–H and O–H groups in total. The number of nitrogens with one attached hydrogen (secondary N) is 2. The molecule has 0 aliphatic heterocycles. The highest BCUT2D eigenvalue weighted by Crippen LogP contribution is 2.14. The standard InChI is InChI=1S/C16H18N2O3S/c1-12(13-7-4-3-5-8-13)18-16(19)14-9-6-10-15(11-14)22(20,21)17-2/h3-12,17H,1-2H3,(H,18,19)/t12-/m0/s1. The van der Waals surface area contributed by atoms with Crippen LogP contribution in [0.4, 0.5) is 0 Å². The van der Waals surface area contributed by atoms with E-state index in [1.54, 1.807) is 12.1 Å². The molecule has 0 spiro atoms. The summed E-state index contributed by atoms with van der Waals surface area (Å²) in [6.07, 6.45) is 0. The Bertz CT molecular complexity index is 758. The highest BCUT2D eigenvalue weighted by molar-refractivity contribution is 7.89. The van der Waals surface area contributed by atoms with Crippen LogP contribution in [0, 0.1) is 0 Å². The Kier molecular flexibility index (Phi) is 4.95. The summed E-state index contributed by atoms with van der Waals surface area (Å²) in [7, 11) is -2.23. The minimum absolute atomic E-state index is 0.0648. The van der Waals surface area contributed by atoms with Crippen molar-refractivity contribution < 1.29 is 13.2 Å². The summed E-state index contributed by atoms with van der Waals surface area (Å²) in [4.78, 5) is 12.3. The van der Waals surface area contributed by atoms with Crippen molar-refractivity contribution in [2.75, 3.05) is 7.05 Å². The average molecular weight is 318 g/mol. The van der Waals surface area contributed by atoms with Gasteiger partial charge in [-0.1, -0.05) is 36.4 Å². The van der Waals surface area contributed by atoms with E-state index < -0.39 is 10.0 Å². The second-order valence-electron chi connectivity index (χ2n) is 4.84. The monoisotopic (exact) mass is 318 g/mol. The third-order valence-corrected chi connectivity index (χ3v) is 4.73. The molecule has 0 saturated carbocycles. The maximum atomic E-state index is 12.3. The largest absolute Gasteiger partial charge is 0.346 e. The average Bonchev–Trinajstić information content (AvgIpc) is 2.55. The summed E-state index contributed by atoms with van der Waals surface area (Å²) in [5.74, 6) is -0.315. The number of hydrogen-bond donors (Lipinski definition) is 2. The van der Waals surface area contributed by atoms with Crippen LogP contribution in [-0.2, 0) is 10.0 Å². The molecular formula is C16H18N2O3S. The van der Waals surface area contributed by atoms with Crippen LogP contribution in [-0.4, -0.2) is 21.4 Å². The number of rotatable bonds is 5. The van der Waals surface area contributed by atoms with Gasteiger partial charge in [-0.3, -0.25) is 4.79 Å². The van der Waals surface area contributed by atoms with Gasteiger partial charge < -0.3 is 5.32 Å². The first-order valence-electron chi connectivity index (χ1n) is 6.83. The second kappa shape index (κ2) is 6.72. The Hall–Kier alpha value is -2.18. The van der Waals surface area contributed by atoms with E-state index in [1.807, 2.05) is 37.3 Å². The van der Waals surface area contributed by atoms with Crippen LogP contribution in [0.2, 0.25) is 0 Å². The third kappa shape index (κ3) is 3.72. The van der Waals surface area contributed by atoms with Crippen molar-refractivity contribution in [1.82, 2.24) is 10.0 Å². The normalized spacial score (nSPS) is 12.6. The van der Waals surface area contributed by atoms with E-state index in [2.05, 4.69) is 10.0 Å². The summed E-state index contributed by atoms with van der Waals surface area (Å²) in [6, 6.07) is 15.3. The zero-order chi connectivity index (χ0) is 16.2. The quantitative estimate of drug-likeness (QED) is 0.886. The molecule has 0 unspecified atom stereocenters. The first-order valence-corrected chi connectivity index (χ1v) is 8.32. The molecule has 116 valence electrons. The van der Waals surface area contributed by atoms with Gasteiger partial charge in [0.1, 0.15) is 0 Å². The molecular weight excluding hydrogens is 300 g/mol. The van der Waals surface area contributed by atoms with Crippen LogP contribution >= 0.6 is 0 Å². The molecule has 0 saturated heterocycles. The zero-order valence-electron chi connectivity index (χ0n) is 12.4. The van der Waals surface area contributed by atoms with E-state index in [4.69, 9.17) is 0 Å². The van der Waals surface area contributed by atoms with Crippen molar-refractivity contribution in [3.8, 4) is 0 Å². The molecule has 0 radical (unpaired) electrons. The van der Waals surface area contributed by atoms with Crippen LogP contribution in [0.25, 0.3) is 0 Å². The van der Waals surface area contributed by atoms with Crippen molar-refractivity contribution in [3.05, 3.63) is 65.7 Å². The fraction of sp³-hybridized carbons (Fsp3) is 0.188. The summed E-state index contributed by atoms with van der Waals surface area (Å²) >= 11 is 0. The molecule has 2 aromatic carbocycles. The predicted octanol–water partition coefficient (Wildman–Crippen LogP) is 2.09. The van der Waals surface area contributed by atoms with Crippen LogP contribution in [0.5, 0.6) is 0 Å². The molecule has 0 aliphatic rings. The Balaban J connectivity index is 2.19. The Morgan fingerprint density at radius 2 is 1.73 bits per heavy atom. The number of amides is 1. The topological polar surface area (TPSA) is 75.3 Å². The first-order chi connectivity index (χ1) is 10.4. The molecule has 0 bridgehead atoms. The van der Waals surface area contributed by atoms with Gasteiger partial charge in [-0.15, -0.1) is 0 Å². The number of hydrogen-bond acceptors (Lipinski definition) is 3. The van der Waals surface area contributed by atoms with E-state index in [1.165, 1.54) is 19.2 Å². The summed E-state index contributed by atoms with van der Waals surface area (Å²) < 4.78 is 25.8. The van der Waals surface area contributed by atoms with Gasteiger partial charge >= 0.3 is 0 Å². The molecule has 0 aromatic heterocycles. The highest BCUT2D eigenvalue weighted by Gasteiger charge is 2.15. The summed E-state index contributed by atoms with van der Waals surface area (Å²) in [5.41, 5.74) is 1.29. The molecule has 5 nitrogen and oxygen atoms in total. The van der Waals surface area contributed by atoms with Gasteiger partial charge in [0.25, 0.3) is 5.91 Å². The minimum Gasteiger partial charge on any atom is -0.346 e. The van der Waals surface area contributed by atoms with Gasteiger partial charge in [-0.25, -0.2) is 13.1 Å². The Labute approximate surface area is 130 Å². The van der Waals surface area contributed by atoms with Crippen molar-refractivity contribution in [1.29, 1.82) is 0 Å². The maximum Gasteiger partial charge on any atom is 0.251 e.